The number of thiazole rings is 1. The molecule has 0 bridgehead atoms. The number of carbonyl (C=O) groups excluding carboxylic acids is 2. The molecule has 1 aliphatic heterocycles. The first-order valence-electron chi connectivity index (χ1n) is 11.6. The molecule has 1 N–H and O–H groups in total. The lowest BCUT2D eigenvalue weighted by Gasteiger charge is -2.43. The number of hydrogen-bond acceptors (Lipinski definition) is 6. The van der Waals surface area contributed by atoms with Crippen LogP contribution in [0.15, 0.2) is 24.3 Å². The van der Waals surface area contributed by atoms with E-state index in [9.17, 15) is 14.9 Å². The van der Waals surface area contributed by atoms with E-state index in [1.807, 2.05) is 23.1 Å². The predicted molar refractivity (Wildman–Crippen MR) is 124 cm³/mol. The SMILES string of the molecule is C[C@@H]1CN(c2nc3ccccc3s2)CCN1C(=O)C1CCCC[C@H]1C(=O)NC1(C#N)CC1. The maximum Gasteiger partial charge on any atom is 0.226 e. The summed E-state index contributed by atoms with van der Waals surface area (Å²) in [5, 5.41) is 13.3. The van der Waals surface area contributed by atoms with Gasteiger partial charge in [0.25, 0.3) is 0 Å². The Labute approximate surface area is 192 Å². The van der Waals surface area contributed by atoms with Gasteiger partial charge in [-0.15, -0.1) is 0 Å². The predicted octanol–water partition coefficient (Wildman–Crippen LogP) is 3.31. The Morgan fingerprint density at radius 2 is 1.94 bits per heavy atom. The average molecular weight is 452 g/mol. The van der Waals surface area contributed by atoms with Crippen LogP contribution < -0.4 is 10.2 Å². The number of amides is 2. The van der Waals surface area contributed by atoms with Crippen molar-refractivity contribution in [2.45, 2.75) is 57.0 Å². The van der Waals surface area contributed by atoms with Crippen LogP contribution >= 0.6 is 11.3 Å². The highest BCUT2D eigenvalue weighted by atomic mass is 32.1. The van der Waals surface area contributed by atoms with Crippen molar-refractivity contribution in [3.63, 3.8) is 0 Å². The Morgan fingerprint density at radius 3 is 2.62 bits per heavy atom. The molecule has 7 nitrogen and oxygen atoms in total. The molecule has 3 fully saturated rings. The summed E-state index contributed by atoms with van der Waals surface area (Å²) in [7, 11) is 0. The number of anilines is 1. The van der Waals surface area contributed by atoms with E-state index in [0.717, 1.165) is 49.4 Å². The molecule has 32 heavy (non-hydrogen) atoms. The van der Waals surface area contributed by atoms with E-state index in [1.54, 1.807) is 11.3 Å². The zero-order valence-electron chi connectivity index (χ0n) is 18.4. The van der Waals surface area contributed by atoms with E-state index >= 15 is 0 Å². The number of rotatable bonds is 4. The number of hydrogen-bond donors (Lipinski definition) is 1. The summed E-state index contributed by atoms with van der Waals surface area (Å²) < 4.78 is 1.18. The molecule has 2 saturated carbocycles. The molecule has 0 spiro atoms. The summed E-state index contributed by atoms with van der Waals surface area (Å²) in [6.07, 6.45) is 4.84. The van der Waals surface area contributed by atoms with Crippen molar-refractivity contribution >= 4 is 38.5 Å². The van der Waals surface area contributed by atoms with Gasteiger partial charge in [-0.05, 0) is 44.7 Å². The molecule has 2 aromatic rings. The lowest BCUT2D eigenvalue weighted by atomic mass is 9.77. The third-order valence-corrected chi connectivity index (χ3v) is 8.31. The molecule has 1 aromatic heterocycles. The topological polar surface area (TPSA) is 89.3 Å². The van der Waals surface area contributed by atoms with Gasteiger partial charge < -0.3 is 15.1 Å². The maximum absolute atomic E-state index is 13.6. The van der Waals surface area contributed by atoms with Crippen molar-refractivity contribution in [3.8, 4) is 6.07 Å². The Hall–Kier alpha value is -2.66. The lowest BCUT2D eigenvalue weighted by molar-refractivity contribution is -0.145. The van der Waals surface area contributed by atoms with Gasteiger partial charge in [0.15, 0.2) is 5.13 Å². The van der Waals surface area contributed by atoms with Gasteiger partial charge >= 0.3 is 0 Å². The van der Waals surface area contributed by atoms with Crippen molar-refractivity contribution in [2.24, 2.45) is 11.8 Å². The van der Waals surface area contributed by atoms with Gasteiger partial charge in [0.2, 0.25) is 11.8 Å². The number of nitrogens with one attached hydrogen (secondary N) is 1. The summed E-state index contributed by atoms with van der Waals surface area (Å²) in [6, 6.07) is 10.4. The van der Waals surface area contributed by atoms with Gasteiger partial charge in [-0.25, -0.2) is 4.98 Å². The van der Waals surface area contributed by atoms with E-state index in [1.165, 1.54) is 4.70 Å². The quantitative estimate of drug-likeness (QED) is 0.770. The minimum absolute atomic E-state index is 0.0581. The molecule has 2 aliphatic carbocycles. The largest absolute Gasteiger partial charge is 0.344 e. The summed E-state index contributed by atoms with van der Waals surface area (Å²) in [6.45, 7) is 4.22. The van der Waals surface area contributed by atoms with Crippen LogP contribution in [0.25, 0.3) is 10.2 Å². The summed E-state index contributed by atoms with van der Waals surface area (Å²) in [5.41, 5.74) is 0.332. The Kier molecular flexibility index (Phi) is 5.54. The fourth-order valence-corrected chi connectivity index (χ4v) is 6.13. The standard InChI is InChI=1S/C24H29N5O2S/c1-16-14-28(23-26-19-8-4-5-9-20(19)32-23)12-13-29(16)22(31)18-7-3-2-6-17(18)21(30)27-24(15-25)10-11-24/h4-5,8-9,16-18H,2-3,6-7,10-14H2,1H3,(H,27,30)/t16-,17-,18?/m1/s1. The van der Waals surface area contributed by atoms with Gasteiger partial charge in [0, 0.05) is 37.5 Å². The zero-order valence-corrected chi connectivity index (χ0v) is 19.2. The van der Waals surface area contributed by atoms with Crippen LogP contribution in [0.3, 0.4) is 0 Å². The first kappa shape index (κ1) is 21.2. The van der Waals surface area contributed by atoms with Gasteiger partial charge in [-0.2, -0.15) is 5.26 Å². The second kappa shape index (κ2) is 8.36. The summed E-state index contributed by atoms with van der Waals surface area (Å²) in [4.78, 5) is 35.5. The normalized spacial score (nSPS) is 27.1. The van der Waals surface area contributed by atoms with E-state index in [4.69, 9.17) is 4.98 Å². The third-order valence-electron chi connectivity index (χ3n) is 7.21. The highest BCUT2D eigenvalue weighted by molar-refractivity contribution is 7.22. The molecule has 168 valence electrons. The number of aromatic nitrogens is 1. The van der Waals surface area contributed by atoms with Crippen LogP contribution in [0.5, 0.6) is 0 Å². The third kappa shape index (κ3) is 3.95. The van der Waals surface area contributed by atoms with Gasteiger partial charge in [0.05, 0.1) is 16.3 Å². The number of fused-ring (bicyclic) bond motifs is 1. The van der Waals surface area contributed by atoms with Crippen molar-refractivity contribution in [3.05, 3.63) is 24.3 Å². The maximum atomic E-state index is 13.6. The highest BCUT2D eigenvalue weighted by Crippen LogP contribution is 2.38. The Bertz CT molecular complexity index is 1040. The van der Waals surface area contributed by atoms with Crippen LogP contribution in [0.2, 0.25) is 0 Å². The monoisotopic (exact) mass is 451 g/mol. The summed E-state index contributed by atoms with van der Waals surface area (Å²) in [5.74, 6) is -0.614. The van der Waals surface area contributed by atoms with Gasteiger partial charge in [-0.1, -0.05) is 36.3 Å². The van der Waals surface area contributed by atoms with E-state index in [0.29, 0.717) is 19.4 Å². The molecule has 5 rings (SSSR count). The number of benzene rings is 1. The minimum Gasteiger partial charge on any atom is -0.344 e. The molecule has 0 radical (unpaired) electrons. The number of carbonyl (C=O) groups is 2. The Morgan fingerprint density at radius 1 is 1.19 bits per heavy atom. The lowest BCUT2D eigenvalue weighted by Crippen LogP contribution is -2.57. The molecular weight excluding hydrogens is 422 g/mol. The fourth-order valence-electron chi connectivity index (χ4n) is 5.13. The van der Waals surface area contributed by atoms with Crippen molar-refractivity contribution in [1.29, 1.82) is 5.26 Å². The van der Waals surface area contributed by atoms with Crippen LogP contribution in [0, 0.1) is 23.2 Å². The number of piperazine rings is 1. The van der Waals surface area contributed by atoms with Crippen LogP contribution in [0.1, 0.15) is 45.4 Å². The van der Waals surface area contributed by atoms with Crippen LogP contribution in [-0.2, 0) is 9.59 Å². The molecule has 2 heterocycles. The first-order valence-corrected chi connectivity index (χ1v) is 12.5. The summed E-state index contributed by atoms with van der Waals surface area (Å²) >= 11 is 1.69. The average Bonchev–Trinajstić information content (AvgIpc) is 3.45. The molecule has 2 amide bonds. The van der Waals surface area contributed by atoms with Crippen molar-refractivity contribution in [2.75, 3.05) is 24.5 Å². The van der Waals surface area contributed by atoms with Crippen LogP contribution in [-0.4, -0.2) is 52.9 Å². The molecular formula is C24H29N5O2S. The van der Waals surface area contributed by atoms with Crippen molar-refractivity contribution in [1.82, 2.24) is 15.2 Å². The van der Waals surface area contributed by atoms with Crippen molar-refractivity contribution < 1.29 is 9.59 Å². The van der Waals surface area contributed by atoms with E-state index < -0.39 is 5.54 Å². The number of para-hydroxylation sites is 1. The molecule has 3 aliphatic rings. The van der Waals surface area contributed by atoms with Gasteiger partial charge in [-0.3, -0.25) is 9.59 Å². The van der Waals surface area contributed by atoms with Crippen LogP contribution in [0.4, 0.5) is 5.13 Å². The zero-order chi connectivity index (χ0) is 22.3. The first-order chi connectivity index (χ1) is 15.5. The highest BCUT2D eigenvalue weighted by Gasteiger charge is 2.48. The van der Waals surface area contributed by atoms with Gasteiger partial charge in [0.1, 0.15) is 5.54 Å². The molecule has 3 atom stereocenters. The van der Waals surface area contributed by atoms with E-state index in [-0.39, 0.29) is 29.7 Å². The Balaban J connectivity index is 1.26. The molecule has 1 aromatic carbocycles. The fraction of sp³-hybridized carbons (Fsp3) is 0.583. The second-order valence-electron chi connectivity index (χ2n) is 9.47. The molecule has 1 saturated heterocycles. The molecule has 8 heteroatoms. The number of nitriles is 1. The molecule has 1 unspecified atom stereocenters. The smallest absolute Gasteiger partial charge is 0.226 e. The van der Waals surface area contributed by atoms with E-state index in [2.05, 4.69) is 29.3 Å². The minimum atomic E-state index is -0.682. The second-order valence-corrected chi connectivity index (χ2v) is 10.5. The number of nitrogens with zero attached hydrogens (tertiary/aromatic N) is 4.